The number of hydrogen-bond acceptors (Lipinski definition) is 2. The second-order valence-corrected chi connectivity index (χ2v) is 6.11. The number of benzene rings is 2. The van der Waals surface area contributed by atoms with Gasteiger partial charge < -0.3 is 10.2 Å². The largest absolute Gasteiger partial charge is 0.369 e. The number of nitrogens with one attached hydrogen (secondary N) is 1. The molecular formula is C19H22N2. The molecule has 0 bridgehead atoms. The molecule has 2 nitrogen and oxygen atoms in total. The summed E-state index contributed by atoms with van der Waals surface area (Å²) in [5, 5.41) is 3.53. The van der Waals surface area contributed by atoms with Crippen molar-refractivity contribution in [2.24, 2.45) is 0 Å². The van der Waals surface area contributed by atoms with Crippen LogP contribution in [0.3, 0.4) is 0 Å². The summed E-state index contributed by atoms with van der Waals surface area (Å²) < 4.78 is 0. The Balaban J connectivity index is 1.61. The molecule has 0 atom stereocenters. The van der Waals surface area contributed by atoms with Gasteiger partial charge in [0.15, 0.2) is 0 Å². The van der Waals surface area contributed by atoms with E-state index in [0.29, 0.717) is 0 Å². The van der Waals surface area contributed by atoms with Gasteiger partial charge in [-0.1, -0.05) is 42.5 Å². The van der Waals surface area contributed by atoms with Crippen LogP contribution in [0.5, 0.6) is 0 Å². The van der Waals surface area contributed by atoms with E-state index in [1.807, 2.05) is 0 Å². The minimum atomic E-state index is 1.03. The van der Waals surface area contributed by atoms with Gasteiger partial charge >= 0.3 is 0 Å². The van der Waals surface area contributed by atoms with Crippen LogP contribution in [0.25, 0.3) is 0 Å². The van der Waals surface area contributed by atoms with Crippen molar-refractivity contribution < 1.29 is 0 Å². The molecule has 0 aliphatic carbocycles. The van der Waals surface area contributed by atoms with E-state index >= 15 is 0 Å². The third-order valence-corrected chi connectivity index (χ3v) is 4.81. The molecule has 0 amide bonds. The maximum absolute atomic E-state index is 3.53. The molecule has 0 radical (unpaired) electrons. The molecule has 0 saturated heterocycles. The van der Waals surface area contributed by atoms with E-state index in [9.17, 15) is 0 Å². The summed E-state index contributed by atoms with van der Waals surface area (Å²) in [5.74, 6) is 0. The molecule has 2 heteroatoms. The second kappa shape index (κ2) is 5.53. The molecule has 2 aliphatic heterocycles. The molecule has 2 heterocycles. The number of nitrogens with zero attached hydrogens (tertiary/aromatic N) is 1. The van der Waals surface area contributed by atoms with E-state index in [1.165, 1.54) is 24.1 Å². The first-order valence-electron chi connectivity index (χ1n) is 8.05. The molecule has 21 heavy (non-hydrogen) atoms. The maximum Gasteiger partial charge on any atom is 0.0448 e. The molecule has 0 unspecified atom stereocenters. The standard InChI is InChI=1S/C19H22N2/c1-2-4-15(5-3-1)6-7-16-8-9-17-14-20-11-13-21-12-10-18(16)19(17)21/h1-5,8-9,20H,6-7,10-14H2. The van der Waals surface area contributed by atoms with Crippen molar-refractivity contribution in [1.29, 1.82) is 0 Å². The lowest BCUT2D eigenvalue weighted by atomic mass is 9.95. The first-order chi connectivity index (χ1) is 10.4. The van der Waals surface area contributed by atoms with E-state index in [-0.39, 0.29) is 0 Å². The molecule has 1 N–H and O–H groups in total. The molecule has 108 valence electrons. The Morgan fingerprint density at radius 3 is 2.76 bits per heavy atom. The van der Waals surface area contributed by atoms with Gasteiger partial charge in [-0.05, 0) is 41.5 Å². The lowest BCUT2D eigenvalue weighted by Gasteiger charge is -2.19. The fourth-order valence-corrected chi connectivity index (χ4v) is 3.72. The fraction of sp³-hybridized carbons (Fsp3) is 0.368. The lowest BCUT2D eigenvalue weighted by Crippen LogP contribution is -2.27. The van der Waals surface area contributed by atoms with Gasteiger partial charge in [0, 0.05) is 31.9 Å². The Bertz CT molecular complexity index is 634. The SMILES string of the molecule is c1ccc(CCc2ccc3c4c2CCN4CCNC3)cc1. The van der Waals surface area contributed by atoms with Gasteiger partial charge in [-0.25, -0.2) is 0 Å². The van der Waals surface area contributed by atoms with E-state index < -0.39 is 0 Å². The van der Waals surface area contributed by atoms with Crippen molar-refractivity contribution in [1.82, 2.24) is 5.32 Å². The summed E-state index contributed by atoms with van der Waals surface area (Å²) in [4.78, 5) is 2.58. The van der Waals surface area contributed by atoms with Crippen LogP contribution < -0.4 is 10.2 Å². The van der Waals surface area contributed by atoms with Crippen molar-refractivity contribution in [3.05, 3.63) is 64.7 Å². The topological polar surface area (TPSA) is 15.3 Å². The van der Waals surface area contributed by atoms with Gasteiger partial charge in [0.05, 0.1) is 0 Å². The van der Waals surface area contributed by atoms with Crippen LogP contribution >= 0.6 is 0 Å². The summed E-state index contributed by atoms with van der Waals surface area (Å²) in [6, 6.07) is 15.6. The van der Waals surface area contributed by atoms with Gasteiger partial charge in [-0.15, -0.1) is 0 Å². The summed E-state index contributed by atoms with van der Waals surface area (Å²) in [6.45, 7) is 4.49. The van der Waals surface area contributed by atoms with Crippen molar-refractivity contribution in [3.63, 3.8) is 0 Å². The van der Waals surface area contributed by atoms with E-state index in [2.05, 4.69) is 52.7 Å². The van der Waals surface area contributed by atoms with Crippen molar-refractivity contribution in [3.8, 4) is 0 Å². The monoisotopic (exact) mass is 278 g/mol. The van der Waals surface area contributed by atoms with E-state index in [1.54, 1.807) is 16.8 Å². The van der Waals surface area contributed by atoms with Gasteiger partial charge in [-0.3, -0.25) is 0 Å². The molecular weight excluding hydrogens is 256 g/mol. The highest BCUT2D eigenvalue weighted by Crippen LogP contribution is 2.35. The average molecular weight is 278 g/mol. The zero-order valence-corrected chi connectivity index (χ0v) is 12.4. The van der Waals surface area contributed by atoms with Gasteiger partial charge in [0.2, 0.25) is 0 Å². The third-order valence-electron chi connectivity index (χ3n) is 4.81. The van der Waals surface area contributed by atoms with E-state index in [4.69, 9.17) is 0 Å². The van der Waals surface area contributed by atoms with Gasteiger partial charge in [0.25, 0.3) is 0 Å². The van der Waals surface area contributed by atoms with Crippen LogP contribution in [0.1, 0.15) is 22.3 Å². The third kappa shape index (κ3) is 2.44. The zero-order valence-electron chi connectivity index (χ0n) is 12.4. The highest BCUT2D eigenvalue weighted by atomic mass is 15.2. The predicted octanol–water partition coefficient (Wildman–Crippen LogP) is 2.94. The summed E-state index contributed by atoms with van der Waals surface area (Å²) in [7, 11) is 0. The highest BCUT2D eigenvalue weighted by Gasteiger charge is 2.25. The molecule has 0 aromatic heterocycles. The molecule has 2 aromatic rings. The fourth-order valence-electron chi connectivity index (χ4n) is 3.72. The maximum atomic E-state index is 3.53. The van der Waals surface area contributed by atoms with Crippen molar-refractivity contribution in [2.45, 2.75) is 25.8 Å². The first kappa shape index (κ1) is 12.9. The van der Waals surface area contributed by atoms with Crippen LogP contribution in [-0.2, 0) is 25.8 Å². The molecule has 2 aromatic carbocycles. The second-order valence-electron chi connectivity index (χ2n) is 6.11. The molecule has 0 saturated carbocycles. The Hall–Kier alpha value is -1.80. The Morgan fingerprint density at radius 2 is 1.86 bits per heavy atom. The average Bonchev–Trinajstić information content (AvgIpc) is 2.84. The number of rotatable bonds is 3. The van der Waals surface area contributed by atoms with Gasteiger partial charge in [0.1, 0.15) is 0 Å². The van der Waals surface area contributed by atoms with Crippen molar-refractivity contribution >= 4 is 5.69 Å². The molecule has 0 fully saturated rings. The van der Waals surface area contributed by atoms with E-state index in [0.717, 1.165) is 32.5 Å². The Kier molecular flexibility index (Phi) is 3.40. The summed E-state index contributed by atoms with van der Waals surface area (Å²) >= 11 is 0. The normalized spacial score (nSPS) is 16.7. The number of aryl methyl sites for hydroxylation is 2. The van der Waals surface area contributed by atoms with Crippen molar-refractivity contribution in [2.75, 3.05) is 24.5 Å². The first-order valence-corrected chi connectivity index (χ1v) is 8.05. The van der Waals surface area contributed by atoms with Crippen LogP contribution in [0.2, 0.25) is 0 Å². The van der Waals surface area contributed by atoms with Crippen LogP contribution in [-0.4, -0.2) is 19.6 Å². The minimum Gasteiger partial charge on any atom is -0.369 e. The van der Waals surface area contributed by atoms with Crippen LogP contribution in [0, 0.1) is 0 Å². The lowest BCUT2D eigenvalue weighted by molar-refractivity contribution is 0.692. The molecule has 2 aliphatic rings. The highest BCUT2D eigenvalue weighted by molar-refractivity contribution is 5.66. The van der Waals surface area contributed by atoms with Crippen LogP contribution in [0.4, 0.5) is 5.69 Å². The number of hydrogen-bond donors (Lipinski definition) is 1. The predicted molar refractivity (Wildman–Crippen MR) is 87.9 cm³/mol. The zero-order chi connectivity index (χ0) is 14.1. The summed E-state index contributed by atoms with van der Waals surface area (Å²) in [6.07, 6.45) is 3.53. The smallest absolute Gasteiger partial charge is 0.0448 e. The summed E-state index contributed by atoms with van der Waals surface area (Å²) in [5.41, 5.74) is 7.65. The minimum absolute atomic E-state index is 1.03. The molecule has 4 rings (SSSR count). The molecule has 0 spiro atoms. The Labute approximate surface area is 126 Å². The Morgan fingerprint density at radius 1 is 0.952 bits per heavy atom. The quantitative estimate of drug-likeness (QED) is 0.928. The van der Waals surface area contributed by atoms with Gasteiger partial charge in [-0.2, -0.15) is 0 Å². The van der Waals surface area contributed by atoms with Crippen LogP contribution in [0.15, 0.2) is 42.5 Å². The number of anilines is 1.